The second-order valence-corrected chi connectivity index (χ2v) is 6.41. The van der Waals surface area contributed by atoms with E-state index in [2.05, 4.69) is 0 Å². The van der Waals surface area contributed by atoms with Crippen molar-refractivity contribution in [2.45, 2.75) is 31.2 Å². The van der Waals surface area contributed by atoms with E-state index in [1.807, 2.05) is 6.07 Å². The van der Waals surface area contributed by atoms with Crippen LogP contribution in [-0.4, -0.2) is 36.4 Å². The van der Waals surface area contributed by atoms with E-state index in [1.165, 1.54) is 12.1 Å². The molecule has 0 aliphatic heterocycles. The van der Waals surface area contributed by atoms with Gasteiger partial charge in [-0.3, -0.25) is 4.79 Å². The summed E-state index contributed by atoms with van der Waals surface area (Å²) in [5, 5.41) is 17.4. The van der Waals surface area contributed by atoms with Crippen LogP contribution in [-0.2, 0) is 21.2 Å². The summed E-state index contributed by atoms with van der Waals surface area (Å²) in [6.45, 7) is 2.65. The molecule has 0 bridgehead atoms. The van der Waals surface area contributed by atoms with Crippen molar-refractivity contribution in [3.05, 3.63) is 29.8 Å². The lowest BCUT2D eigenvalue weighted by molar-refractivity contribution is -0.137. The van der Waals surface area contributed by atoms with Gasteiger partial charge in [0.15, 0.2) is 0 Å². The molecule has 0 aromatic heterocycles. The number of carboxylic acid groups (broad SMARTS) is 1. The molecular weight excluding hydrogens is 280 g/mol. The van der Waals surface area contributed by atoms with E-state index in [0.29, 0.717) is 5.56 Å². The lowest BCUT2D eigenvalue weighted by Gasteiger charge is -2.24. The lowest BCUT2D eigenvalue weighted by atomic mass is 10.2. The Labute approximate surface area is 118 Å². The van der Waals surface area contributed by atoms with E-state index < -0.39 is 28.6 Å². The lowest BCUT2D eigenvalue weighted by Crippen LogP contribution is -2.40. The number of benzene rings is 1. The average Bonchev–Trinajstić information content (AvgIpc) is 2.36. The van der Waals surface area contributed by atoms with E-state index >= 15 is 0 Å². The smallest absolute Gasteiger partial charge is 0.318 e. The van der Waals surface area contributed by atoms with Crippen LogP contribution in [0.2, 0.25) is 0 Å². The van der Waals surface area contributed by atoms with Crippen molar-refractivity contribution in [1.29, 1.82) is 5.26 Å². The Kier molecular flexibility index (Phi) is 5.25. The number of nitriles is 1. The van der Waals surface area contributed by atoms with E-state index in [-0.39, 0.29) is 11.3 Å². The van der Waals surface area contributed by atoms with Gasteiger partial charge in [-0.1, -0.05) is 12.1 Å². The quantitative estimate of drug-likeness (QED) is 0.851. The summed E-state index contributed by atoms with van der Waals surface area (Å²) < 4.78 is 25.7. The highest BCUT2D eigenvalue weighted by Crippen LogP contribution is 2.18. The Bertz CT molecular complexity index is 615. The number of hydrogen-bond donors (Lipinski definition) is 1. The minimum atomic E-state index is -3.86. The molecule has 1 aromatic rings. The van der Waals surface area contributed by atoms with Gasteiger partial charge in [-0.15, -0.1) is 0 Å². The standard InChI is InChI=1S/C13H16N2O4S/c1-10(2)15(9-13(16)17)20(18,19)12-5-3-11(4-6-12)7-8-14/h3-6,10H,7,9H2,1-2H3,(H,16,17). The third-order valence-electron chi connectivity index (χ3n) is 2.68. The van der Waals surface area contributed by atoms with Crippen molar-refractivity contribution in [2.75, 3.05) is 6.54 Å². The van der Waals surface area contributed by atoms with E-state index in [4.69, 9.17) is 10.4 Å². The van der Waals surface area contributed by atoms with Gasteiger partial charge in [-0.2, -0.15) is 9.57 Å². The largest absolute Gasteiger partial charge is 0.480 e. The monoisotopic (exact) mass is 296 g/mol. The third-order valence-corrected chi connectivity index (χ3v) is 4.72. The summed E-state index contributed by atoms with van der Waals surface area (Å²) in [6.07, 6.45) is 0.198. The first-order valence-corrected chi connectivity index (χ1v) is 7.42. The van der Waals surface area contributed by atoms with Gasteiger partial charge < -0.3 is 5.11 Å². The number of aliphatic carboxylic acids is 1. The number of carbonyl (C=O) groups is 1. The number of sulfonamides is 1. The predicted octanol–water partition coefficient (Wildman–Crippen LogP) is 1.24. The van der Waals surface area contributed by atoms with Gasteiger partial charge in [0.25, 0.3) is 0 Å². The van der Waals surface area contributed by atoms with Crippen LogP contribution in [0.4, 0.5) is 0 Å². The molecule has 0 spiro atoms. The van der Waals surface area contributed by atoms with Crippen LogP contribution < -0.4 is 0 Å². The van der Waals surface area contributed by atoms with Crippen LogP contribution in [0, 0.1) is 11.3 Å². The fourth-order valence-corrected chi connectivity index (χ4v) is 3.27. The molecule has 0 atom stereocenters. The molecule has 0 saturated heterocycles. The van der Waals surface area contributed by atoms with Crippen molar-refractivity contribution >= 4 is 16.0 Å². The second kappa shape index (κ2) is 6.50. The highest BCUT2D eigenvalue weighted by atomic mass is 32.2. The summed E-state index contributed by atoms with van der Waals surface area (Å²) in [5.74, 6) is -1.21. The van der Waals surface area contributed by atoms with Crippen LogP contribution in [0.25, 0.3) is 0 Å². The molecule has 0 radical (unpaired) electrons. The van der Waals surface area contributed by atoms with Gasteiger partial charge in [-0.05, 0) is 31.5 Å². The normalized spacial score (nSPS) is 11.6. The molecule has 0 fully saturated rings. The zero-order valence-electron chi connectivity index (χ0n) is 11.3. The molecule has 0 amide bonds. The maximum Gasteiger partial charge on any atom is 0.318 e. The van der Waals surface area contributed by atoms with Gasteiger partial charge in [0, 0.05) is 6.04 Å². The molecular formula is C13H16N2O4S. The minimum absolute atomic E-state index is 0.0224. The van der Waals surface area contributed by atoms with E-state index in [9.17, 15) is 13.2 Å². The van der Waals surface area contributed by atoms with Crippen LogP contribution in [0.3, 0.4) is 0 Å². The van der Waals surface area contributed by atoms with Crippen LogP contribution >= 0.6 is 0 Å². The first-order valence-electron chi connectivity index (χ1n) is 5.98. The number of rotatable bonds is 6. The molecule has 1 rings (SSSR count). The first-order chi connectivity index (χ1) is 9.28. The SMILES string of the molecule is CC(C)N(CC(=O)O)S(=O)(=O)c1ccc(CC#N)cc1. The number of nitrogens with zero attached hydrogens (tertiary/aromatic N) is 2. The fraction of sp³-hybridized carbons (Fsp3) is 0.385. The van der Waals surface area contributed by atoms with Crippen molar-refractivity contribution in [2.24, 2.45) is 0 Å². The molecule has 6 nitrogen and oxygen atoms in total. The Hall–Kier alpha value is -1.91. The summed E-state index contributed by atoms with van der Waals surface area (Å²) in [5.41, 5.74) is 0.709. The number of carboxylic acids is 1. The molecule has 20 heavy (non-hydrogen) atoms. The number of hydrogen-bond acceptors (Lipinski definition) is 4. The minimum Gasteiger partial charge on any atom is -0.480 e. The predicted molar refractivity (Wildman–Crippen MR) is 72.4 cm³/mol. The molecule has 0 aliphatic rings. The Morgan fingerprint density at radius 3 is 2.30 bits per heavy atom. The van der Waals surface area contributed by atoms with Crippen molar-refractivity contribution < 1.29 is 18.3 Å². The summed E-state index contributed by atoms with van der Waals surface area (Å²) in [7, 11) is -3.86. The Morgan fingerprint density at radius 1 is 1.35 bits per heavy atom. The maximum atomic E-state index is 12.4. The molecule has 0 heterocycles. The summed E-state index contributed by atoms with van der Waals surface area (Å²) in [6, 6.07) is 7.39. The fourth-order valence-electron chi connectivity index (χ4n) is 1.68. The summed E-state index contributed by atoms with van der Waals surface area (Å²) in [4.78, 5) is 10.8. The molecule has 0 saturated carbocycles. The molecule has 108 valence electrons. The zero-order chi connectivity index (χ0) is 15.3. The van der Waals surface area contributed by atoms with Gasteiger partial charge in [0.1, 0.15) is 6.54 Å². The maximum absolute atomic E-state index is 12.4. The summed E-state index contributed by atoms with van der Waals surface area (Å²) >= 11 is 0. The highest BCUT2D eigenvalue weighted by Gasteiger charge is 2.28. The molecule has 0 aliphatic carbocycles. The Morgan fingerprint density at radius 2 is 1.90 bits per heavy atom. The first kappa shape index (κ1) is 16.1. The average molecular weight is 296 g/mol. The topological polar surface area (TPSA) is 98.5 Å². The highest BCUT2D eigenvalue weighted by molar-refractivity contribution is 7.89. The van der Waals surface area contributed by atoms with E-state index in [0.717, 1.165) is 4.31 Å². The van der Waals surface area contributed by atoms with Crippen molar-refractivity contribution in [3.63, 3.8) is 0 Å². The molecule has 0 unspecified atom stereocenters. The molecule has 7 heteroatoms. The second-order valence-electron chi connectivity index (χ2n) is 4.52. The van der Waals surface area contributed by atoms with Crippen molar-refractivity contribution in [3.8, 4) is 6.07 Å². The van der Waals surface area contributed by atoms with E-state index in [1.54, 1.807) is 26.0 Å². The van der Waals surface area contributed by atoms with Gasteiger partial charge in [0.2, 0.25) is 10.0 Å². The third kappa shape index (κ3) is 3.79. The van der Waals surface area contributed by atoms with Crippen LogP contribution in [0.5, 0.6) is 0 Å². The van der Waals surface area contributed by atoms with Crippen LogP contribution in [0.15, 0.2) is 29.2 Å². The van der Waals surface area contributed by atoms with Gasteiger partial charge >= 0.3 is 5.97 Å². The van der Waals surface area contributed by atoms with Crippen LogP contribution in [0.1, 0.15) is 19.4 Å². The van der Waals surface area contributed by atoms with Gasteiger partial charge in [0.05, 0.1) is 17.4 Å². The molecule has 1 aromatic carbocycles. The van der Waals surface area contributed by atoms with Crippen molar-refractivity contribution in [1.82, 2.24) is 4.31 Å². The Balaban J connectivity index is 3.13. The van der Waals surface area contributed by atoms with Gasteiger partial charge in [-0.25, -0.2) is 8.42 Å². The molecule has 1 N–H and O–H groups in total. The zero-order valence-corrected chi connectivity index (χ0v) is 12.1.